The minimum atomic E-state index is -0.0300. The molecule has 2 fully saturated rings. The molecule has 6 heteroatoms. The fourth-order valence-corrected chi connectivity index (χ4v) is 2.43. The molecule has 1 saturated heterocycles. The lowest BCUT2D eigenvalue weighted by atomic mass is 10.2. The van der Waals surface area contributed by atoms with Gasteiger partial charge in [0.2, 0.25) is 5.91 Å². The van der Waals surface area contributed by atoms with Crippen molar-refractivity contribution >= 4 is 23.1 Å². The Labute approximate surface area is 114 Å². The number of nitrogens with zero attached hydrogens (tertiary/aromatic N) is 2. The molecule has 0 spiro atoms. The minimum Gasteiger partial charge on any atom is -0.392 e. The fourth-order valence-electron chi connectivity index (χ4n) is 2.24. The molecule has 1 amide bonds. The van der Waals surface area contributed by atoms with Gasteiger partial charge in [-0.25, -0.2) is 0 Å². The third-order valence-corrected chi connectivity index (χ3v) is 3.77. The molecule has 0 aromatic carbocycles. The summed E-state index contributed by atoms with van der Waals surface area (Å²) in [4.78, 5) is 17.0. The van der Waals surface area contributed by atoms with E-state index in [2.05, 4.69) is 15.1 Å². The van der Waals surface area contributed by atoms with Crippen LogP contribution in [0.2, 0.25) is 0 Å². The van der Waals surface area contributed by atoms with E-state index in [0.29, 0.717) is 17.6 Å². The summed E-state index contributed by atoms with van der Waals surface area (Å²) in [7, 11) is 0. The minimum absolute atomic E-state index is 0.0300. The van der Waals surface area contributed by atoms with Gasteiger partial charge in [0.25, 0.3) is 0 Å². The normalized spacial score (nSPS) is 23.6. The largest absolute Gasteiger partial charge is 0.392 e. The molecular weight excluding hydrogens is 248 g/mol. The van der Waals surface area contributed by atoms with E-state index in [0.717, 1.165) is 39.0 Å². The van der Waals surface area contributed by atoms with Crippen molar-refractivity contribution in [2.75, 3.05) is 32.7 Å². The molecule has 5 nitrogen and oxygen atoms in total. The topological polar surface area (TPSA) is 61.6 Å². The predicted molar refractivity (Wildman–Crippen MR) is 75.4 cm³/mol. The number of piperazine rings is 1. The first kappa shape index (κ1) is 13.7. The SMILES string of the molecule is CC(C(=O)NC1CC1)N1CCN(CC(N)=S)CC1. The molecule has 0 radical (unpaired) electrons. The summed E-state index contributed by atoms with van der Waals surface area (Å²) >= 11 is 4.91. The molecule has 0 aromatic rings. The first-order valence-electron chi connectivity index (χ1n) is 6.61. The van der Waals surface area contributed by atoms with E-state index < -0.39 is 0 Å². The van der Waals surface area contributed by atoms with Gasteiger partial charge in [-0.05, 0) is 19.8 Å². The van der Waals surface area contributed by atoms with E-state index >= 15 is 0 Å². The lowest BCUT2D eigenvalue weighted by Gasteiger charge is -2.37. The molecule has 1 saturated carbocycles. The Hall–Kier alpha value is -0.720. The summed E-state index contributed by atoms with van der Waals surface area (Å²) in [6.45, 7) is 6.34. The molecule has 2 rings (SSSR count). The van der Waals surface area contributed by atoms with E-state index in [1.807, 2.05) is 6.92 Å². The summed E-state index contributed by atoms with van der Waals surface area (Å²) in [6.07, 6.45) is 2.28. The van der Waals surface area contributed by atoms with Crippen molar-refractivity contribution in [1.29, 1.82) is 0 Å². The highest BCUT2D eigenvalue weighted by molar-refractivity contribution is 7.80. The second-order valence-corrected chi connectivity index (χ2v) is 5.76. The van der Waals surface area contributed by atoms with E-state index in [1.54, 1.807) is 0 Å². The Kier molecular flexibility index (Phi) is 4.53. The highest BCUT2D eigenvalue weighted by atomic mass is 32.1. The van der Waals surface area contributed by atoms with Crippen molar-refractivity contribution in [3.63, 3.8) is 0 Å². The van der Waals surface area contributed by atoms with E-state index in [4.69, 9.17) is 18.0 Å². The number of rotatable bonds is 5. The average Bonchev–Trinajstić information content (AvgIpc) is 3.12. The molecular formula is C12H22N4OS. The van der Waals surface area contributed by atoms with Crippen molar-refractivity contribution in [1.82, 2.24) is 15.1 Å². The highest BCUT2D eigenvalue weighted by Gasteiger charge is 2.29. The lowest BCUT2D eigenvalue weighted by molar-refractivity contribution is -0.126. The van der Waals surface area contributed by atoms with Crippen molar-refractivity contribution in [2.45, 2.75) is 31.8 Å². The Morgan fingerprint density at radius 3 is 2.50 bits per heavy atom. The van der Waals surface area contributed by atoms with Crippen LogP contribution in [0.25, 0.3) is 0 Å². The van der Waals surface area contributed by atoms with Crippen LogP contribution in [0.4, 0.5) is 0 Å². The molecule has 18 heavy (non-hydrogen) atoms. The summed E-state index contributed by atoms with van der Waals surface area (Å²) in [5.41, 5.74) is 5.54. The van der Waals surface area contributed by atoms with Gasteiger partial charge in [-0.2, -0.15) is 0 Å². The average molecular weight is 270 g/mol. The standard InChI is InChI=1S/C12H22N4OS/c1-9(12(17)14-10-2-3-10)16-6-4-15(5-7-16)8-11(13)18/h9-10H,2-8H2,1H3,(H2,13,18)(H,14,17). The maximum atomic E-state index is 11.9. The second-order valence-electron chi connectivity index (χ2n) is 5.24. The number of carbonyl (C=O) groups excluding carboxylic acids is 1. The Balaban J connectivity index is 1.74. The summed E-state index contributed by atoms with van der Waals surface area (Å²) in [5, 5.41) is 3.06. The van der Waals surface area contributed by atoms with Crippen molar-refractivity contribution in [2.24, 2.45) is 5.73 Å². The first-order chi connectivity index (χ1) is 8.56. The summed E-state index contributed by atoms with van der Waals surface area (Å²) in [5.74, 6) is 0.167. The third kappa shape index (κ3) is 3.90. The van der Waals surface area contributed by atoms with Crippen LogP contribution in [0.5, 0.6) is 0 Å². The molecule has 1 unspecified atom stereocenters. The van der Waals surface area contributed by atoms with Crippen LogP contribution in [-0.2, 0) is 4.79 Å². The smallest absolute Gasteiger partial charge is 0.237 e. The number of hydrogen-bond donors (Lipinski definition) is 2. The molecule has 1 aliphatic carbocycles. The molecule has 102 valence electrons. The van der Waals surface area contributed by atoms with Crippen molar-refractivity contribution in [3.05, 3.63) is 0 Å². The number of hydrogen-bond acceptors (Lipinski definition) is 4. The van der Waals surface area contributed by atoms with Crippen LogP contribution < -0.4 is 11.1 Å². The monoisotopic (exact) mass is 270 g/mol. The third-order valence-electron chi connectivity index (χ3n) is 3.64. The van der Waals surface area contributed by atoms with Gasteiger partial charge in [-0.15, -0.1) is 0 Å². The molecule has 3 N–H and O–H groups in total. The zero-order valence-corrected chi connectivity index (χ0v) is 11.7. The Bertz CT molecular complexity index is 324. The van der Waals surface area contributed by atoms with Gasteiger partial charge in [0.05, 0.1) is 11.0 Å². The maximum Gasteiger partial charge on any atom is 0.237 e. The van der Waals surface area contributed by atoms with E-state index in [9.17, 15) is 4.79 Å². The summed E-state index contributed by atoms with van der Waals surface area (Å²) < 4.78 is 0. The zero-order chi connectivity index (χ0) is 13.1. The van der Waals surface area contributed by atoms with Gasteiger partial charge in [0.1, 0.15) is 0 Å². The van der Waals surface area contributed by atoms with E-state index in [1.165, 1.54) is 0 Å². The predicted octanol–water partition coefficient (Wildman–Crippen LogP) is -0.443. The number of nitrogens with one attached hydrogen (secondary N) is 1. The van der Waals surface area contributed by atoms with Crippen molar-refractivity contribution in [3.8, 4) is 0 Å². The molecule has 0 aromatic heterocycles. The number of carbonyl (C=O) groups is 1. The Morgan fingerprint density at radius 2 is 2.00 bits per heavy atom. The van der Waals surface area contributed by atoms with Crippen LogP contribution in [0, 0.1) is 0 Å². The van der Waals surface area contributed by atoms with Gasteiger partial charge in [0.15, 0.2) is 0 Å². The number of amides is 1. The lowest BCUT2D eigenvalue weighted by Crippen LogP contribution is -2.55. The first-order valence-corrected chi connectivity index (χ1v) is 7.02. The fraction of sp³-hybridized carbons (Fsp3) is 0.833. The van der Waals surface area contributed by atoms with Gasteiger partial charge >= 0.3 is 0 Å². The van der Waals surface area contributed by atoms with Crippen LogP contribution in [0.1, 0.15) is 19.8 Å². The van der Waals surface area contributed by atoms with Crippen molar-refractivity contribution < 1.29 is 4.79 Å². The summed E-state index contributed by atoms with van der Waals surface area (Å²) in [6, 6.07) is 0.411. The van der Waals surface area contributed by atoms with Crippen LogP contribution in [0.15, 0.2) is 0 Å². The molecule has 1 aliphatic heterocycles. The van der Waals surface area contributed by atoms with Gasteiger partial charge < -0.3 is 11.1 Å². The molecule has 0 bridgehead atoms. The molecule has 1 heterocycles. The molecule has 1 atom stereocenters. The van der Waals surface area contributed by atoms with Crippen LogP contribution in [0.3, 0.4) is 0 Å². The van der Waals surface area contributed by atoms with Gasteiger partial charge in [-0.1, -0.05) is 12.2 Å². The quantitative estimate of drug-likeness (QED) is 0.663. The van der Waals surface area contributed by atoms with Gasteiger partial charge in [0, 0.05) is 38.8 Å². The Morgan fingerprint density at radius 1 is 1.39 bits per heavy atom. The maximum absolute atomic E-state index is 11.9. The number of nitrogens with two attached hydrogens (primary N) is 1. The second kappa shape index (κ2) is 5.95. The zero-order valence-electron chi connectivity index (χ0n) is 10.9. The molecule has 2 aliphatic rings. The van der Waals surface area contributed by atoms with Gasteiger partial charge in [-0.3, -0.25) is 14.6 Å². The highest BCUT2D eigenvalue weighted by Crippen LogP contribution is 2.19. The van der Waals surface area contributed by atoms with E-state index in [-0.39, 0.29) is 11.9 Å². The van der Waals surface area contributed by atoms with Crippen LogP contribution in [-0.4, -0.2) is 65.5 Å². The van der Waals surface area contributed by atoms with Crippen LogP contribution >= 0.6 is 12.2 Å². The number of thiocarbonyl (C=S) groups is 1.